The summed E-state index contributed by atoms with van der Waals surface area (Å²) in [5.41, 5.74) is 0. The molecular weight excluding hydrogens is 260 g/mol. The number of aliphatic carboxylic acids is 1. The highest BCUT2D eigenvalue weighted by Crippen LogP contribution is 2.20. The lowest BCUT2D eigenvalue weighted by atomic mass is 10.0. The van der Waals surface area contributed by atoms with Crippen molar-refractivity contribution < 1.29 is 22.7 Å². The smallest absolute Gasteiger partial charge is 0.303 e. The first kappa shape index (κ1) is 14.6. The van der Waals surface area contributed by atoms with Crippen LogP contribution >= 0.6 is 0 Å². The molecule has 7 nitrogen and oxygen atoms in total. The Kier molecular flexibility index (Phi) is 4.44. The number of rotatable bonds is 6. The highest BCUT2D eigenvalue weighted by molar-refractivity contribution is 7.90. The molecule has 102 valence electrons. The van der Waals surface area contributed by atoms with Crippen LogP contribution in [0.25, 0.3) is 0 Å². The summed E-state index contributed by atoms with van der Waals surface area (Å²) in [6, 6.07) is 0. The SMILES string of the molecule is CC(CC(=O)O)Cc1nnc(C(C)S(C)(=O)=O)o1. The molecule has 0 fully saturated rings. The lowest BCUT2D eigenvalue weighted by Crippen LogP contribution is -2.08. The monoisotopic (exact) mass is 276 g/mol. The lowest BCUT2D eigenvalue weighted by Gasteiger charge is -2.04. The van der Waals surface area contributed by atoms with E-state index in [1.807, 2.05) is 0 Å². The molecule has 8 heteroatoms. The molecule has 1 aromatic heterocycles. The Morgan fingerprint density at radius 2 is 2.00 bits per heavy atom. The second kappa shape index (κ2) is 5.47. The summed E-state index contributed by atoms with van der Waals surface area (Å²) in [7, 11) is -3.28. The molecule has 1 N–H and O–H groups in total. The van der Waals surface area contributed by atoms with Crippen LogP contribution in [0.5, 0.6) is 0 Å². The van der Waals surface area contributed by atoms with Crippen LogP contribution in [0.2, 0.25) is 0 Å². The van der Waals surface area contributed by atoms with Gasteiger partial charge < -0.3 is 9.52 Å². The maximum Gasteiger partial charge on any atom is 0.303 e. The minimum atomic E-state index is -3.28. The van der Waals surface area contributed by atoms with E-state index in [4.69, 9.17) is 9.52 Å². The fourth-order valence-electron chi connectivity index (χ4n) is 1.36. The lowest BCUT2D eigenvalue weighted by molar-refractivity contribution is -0.137. The van der Waals surface area contributed by atoms with Gasteiger partial charge in [-0.25, -0.2) is 8.42 Å². The summed E-state index contributed by atoms with van der Waals surface area (Å²) in [6.45, 7) is 3.21. The van der Waals surface area contributed by atoms with Gasteiger partial charge in [-0.3, -0.25) is 4.79 Å². The fraction of sp³-hybridized carbons (Fsp3) is 0.700. The molecule has 1 aromatic rings. The third-order valence-electron chi connectivity index (χ3n) is 2.52. The average Bonchev–Trinajstić information content (AvgIpc) is 2.61. The standard InChI is InChI=1S/C10H16N2O5S/c1-6(5-9(13)14)4-8-11-12-10(17-8)7(2)18(3,15)16/h6-7H,4-5H2,1-3H3,(H,13,14). The molecule has 0 amide bonds. The highest BCUT2D eigenvalue weighted by atomic mass is 32.2. The van der Waals surface area contributed by atoms with E-state index in [0.29, 0.717) is 6.42 Å². The summed E-state index contributed by atoms with van der Waals surface area (Å²) >= 11 is 0. The Bertz CT molecular complexity index is 522. The van der Waals surface area contributed by atoms with Crippen molar-refractivity contribution in [2.24, 2.45) is 5.92 Å². The maximum absolute atomic E-state index is 11.3. The minimum absolute atomic E-state index is 0.000651. The third-order valence-corrected chi connectivity index (χ3v) is 4.00. The van der Waals surface area contributed by atoms with Crippen LogP contribution in [0.15, 0.2) is 4.42 Å². The molecule has 1 heterocycles. The number of nitrogens with zero attached hydrogens (tertiary/aromatic N) is 2. The second-order valence-corrected chi connectivity index (χ2v) is 6.78. The summed E-state index contributed by atoms with van der Waals surface area (Å²) < 4.78 is 27.8. The number of aromatic nitrogens is 2. The molecular formula is C10H16N2O5S. The molecule has 0 spiro atoms. The molecule has 0 aromatic carbocycles. The van der Waals surface area contributed by atoms with E-state index in [1.54, 1.807) is 6.92 Å². The topological polar surface area (TPSA) is 110 Å². The van der Waals surface area contributed by atoms with Gasteiger partial charge in [-0.05, 0) is 12.8 Å². The Balaban J connectivity index is 2.72. The summed E-state index contributed by atoms with van der Waals surface area (Å²) in [5, 5.41) is 15.2. The molecule has 0 saturated carbocycles. The van der Waals surface area contributed by atoms with Gasteiger partial charge in [0.25, 0.3) is 0 Å². The zero-order valence-electron chi connectivity index (χ0n) is 10.5. The Hall–Kier alpha value is -1.44. The van der Waals surface area contributed by atoms with Gasteiger partial charge >= 0.3 is 5.97 Å². The Morgan fingerprint density at radius 3 is 2.50 bits per heavy atom. The predicted octanol–water partition coefficient (Wildman–Crippen LogP) is 0.829. The first-order valence-corrected chi connectivity index (χ1v) is 7.38. The van der Waals surface area contributed by atoms with E-state index < -0.39 is 21.1 Å². The number of sulfone groups is 1. The molecule has 18 heavy (non-hydrogen) atoms. The first-order valence-electron chi connectivity index (χ1n) is 5.43. The summed E-state index contributed by atoms with van der Waals surface area (Å²) in [5.74, 6) is -0.750. The zero-order chi connectivity index (χ0) is 13.9. The number of carboxylic acids is 1. The Morgan fingerprint density at radius 1 is 1.39 bits per heavy atom. The van der Waals surface area contributed by atoms with Crippen molar-refractivity contribution in [1.82, 2.24) is 10.2 Å². The van der Waals surface area contributed by atoms with Gasteiger partial charge in [0.1, 0.15) is 5.25 Å². The van der Waals surface area contributed by atoms with Crippen molar-refractivity contribution in [3.63, 3.8) is 0 Å². The van der Waals surface area contributed by atoms with Crippen LogP contribution in [-0.4, -0.2) is 35.9 Å². The number of hydrogen-bond acceptors (Lipinski definition) is 6. The van der Waals surface area contributed by atoms with Crippen molar-refractivity contribution >= 4 is 15.8 Å². The van der Waals surface area contributed by atoms with E-state index in [2.05, 4.69) is 10.2 Å². The number of hydrogen-bond donors (Lipinski definition) is 1. The fourth-order valence-corrected chi connectivity index (χ4v) is 1.83. The van der Waals surface area contributed by atoms with Crippen LogP contribution in [0.4, 0.5) is 0 Å². The minimum Gasteiger partial charge on any atom is -0.481 e. The second-order valence-electron chi connectivity index (χ2n) is 4.41. The molecule has 0 radical (unpaired) electrons. The van der Waals surface area contributed by atoms with Gasteiger partial charge in [0.05, 0.1) is 0 Å². The first-order chi connectivity index (χ1) is 8.20. The Labute approximate surface area is 105 Å². The van der Waals surface area contributed by atoms with Crippen LogP contribution in [0, 0.1) is 5.92 Å². The van der Waals surface area contributed by atoms with E-state index in [9.17, 15) is 13.2 Å². The quantitative estimate of drug-likeness (QED) is 0.819. The van der Waals surface area contributed by atoms with Gasteiger partial charge in [-0.1, -0.05) is 6.92 Å². The van der Waals surface area contributed by atoms with Gasteiger partial charge in [0, 0.05) is 19.1 Å². The van der Waals surface area contributed by atoms with Gasteiger partial charge in [0.15, 0.2) is 9.84 Å². The zero-order valence-corrected chi connectivity index (χ0v) is 11.3. The van der Waals surface area contributed by atoms with Crippen molar-refractivity contribution in [1.29, 1.82) is 0 Å². The van der Waals surface area contributed by atoms with Gasteiger partial charge in [-0.15, -0.1) is 10.2 Å². The van der Waals surface area contributed by atoms with Crippen molar-refractivity contribution in [2.75, 3.05) is 6.26 Å². The number of carbonyl (C=O) groups is 1. The molecule has 0 aliphatic heterocycles. The van der Waals surface area contributed by atoms with Gasteiger partial charge in [0.2, 0.25) is 11.8 Å². The average molecular weight is 276 g/mol. The van der Waals surface area contributed by atoms with Crippen molar-refractivity contribution in [3.8, 4) is 0 Å². The van der Waals surface area contributed by atoms with Crippen LogP contribution < -0.4 is 0 Å². The third kappa shape index (κ3) is 4.10. The molecule has 0 bridgehead atoms. The molecule has 1 rings (SSSR count). The van der Waals surface area contributed by atoms with Gasteiger partial charge in [-0.2, -0.15) is 0 Å². The van der Waals surface area contributed by atoms with Crippen LogP contribution in [0.3, 0.4) is 0 Å². The molecule has 0 saturated heterocycles. The van der Waals surface area contributed by atoms with E-state index in [0.717, 1.165) is 6.26 Å². The summed E-state index contributed by atoms with van der Waals surface area (Å²) in [6.07, 6.45) is 1.41. The van der Waals surface area contributed by atoms with Crippen LogP contribution in [0.1, 0.15) is 37.3 Å². The molecule has 2 atom stereocenters. The largest absolute Gasteiger partial charge is 0.481 e. The van der Waals surface area contributed by atoms with E-state index >= 15 is 0 Å². The molecule has 2 unspecified atom stereocenters. The van der Waals surface area contributed by atoms with Crippen molar-refractivity contribution in [3.05, 3.63) is 11.8 Å². The maximum atomic E-state index is 11.3. The van der Waals surface area contributed by atoms with Crippen LogP contribution in [-0.2, 0) is 21.1 Å². The summed E-state index contributed by atoms with van der Waals surface area (Å²) in [4.78, 5) is 10.5. The molecule has 0 aliphatic rings. The number of carboxylic acid groups (broad SMARTS) is 1. The van der Waals surface area contributed by atoms with E-state index in [1.165, 1.54) is 6.92 Å². The van der Waals surface area contributed by atoms with Crippen molar-refractivity contribution in [2.45, 2.75) is 31.9 Å². The highest BCUT2D eigenvalue weighted by Gasteiger charge is 2.24. The van der Waals surface area contributed by atoms with E-state index in [-0.39, 0.29) is 24.1 Å². The molecule has 0 aliphatic carbocycles. The predicted molar refractivity (Wildman–Crippen MR) is 62.7 cm³/mol. The normalized spacial score (nSPS) is 15.3.